The van der Waals surface area contributed by atoms with Crippen molar-refractivity contribution < 1.29 is 18.7 Å². The van der Waals surface area contributed by atoms with E-state index in [1.165, 1.54) is 19.2 Å². The first-order valence-corrected chi connectivity index (χ1v) is 7.27. The van der Waals surface area contributed by atoms with Crippen LogP contribution in [0.15, 0.2) is 48.5 Å². The molecule has 0 unspecified atom stereocenters. The van der Waals surface area contributed by atoms with E-state index >= 15 is 0 Å². The van der Waals surface area contributed by atoms with Crippen molar-refractivity contribution in [2.75, 3.05) is 14.2 Å². The quantitative estimate of drug-likeness (QED) is 0.798. The SMILES string of the molecule is COCc1cccc(CN[C@@H](C(=O)OC)c2ccc(F)cc2)c1. The molecule has 2 aromatic carbocycles. The molecule has 2 rings (SSSR count). The minimum Gasteiger partial charge on any atom is -0.468 e. The maximum absolute atomic E-state index is 13.1. The van der Waals surface area contributed by atoms with E-state index in [0.29, 0.717) is 18.7 Å². The highest BCUT2D eigenvalue weighted by Gasteiger charge is 2.20. The van der Waals surface area contributed by atoms with Crippen molar-refractivity contribution in [1.82, 2.24) is 5.32 Å². The number of carbonyl (C=O) groups is 1. The van der Waals surface area contributed by atoms with Crippen molar-refractivity contribution in [3.05, 3.63) is 71.0 Å². The van der Waals surface area contributed by atoms with E-state index in [4.69, 9.17) is 9.47 Å². The Bertz CT molecular complexity index is 643. The van der Waals surface area contributed by atoms with Crippen LogP contribution in [0, 0.1) is 5.82 Å². The second-order valence-electron chi connectivity index (χ2n) is 5.14. The zero-order valence-electron chi connectivity index (χ0n) is 13.2. The van der Waals surface area contributed by atoms with Gasteiger partial charge in [0, 0.05) is 13.7 Å². The first-order valence-electron chi connectivity index (χ1n) is 7.27. The van der Waals surface area contributed by atoms with Crippen LogP contribution < -0.4 is 5.32 Å². The maximum atomic E-state index is 13.1. The van der Waals surface area contributed by atoms with Crippen LogP contribution in [0.3, 0.4) is 0 Å². The lowest BCUT2D eigenvalue weighted by atomic mass is 10.1. The van der Waals surface area contributed by atoms with Crippen molar-refractivity contribution >= 4 is 5.97 Å². The largest absolute Gasteiger partial charge is 0.468 e. The number of nitrogens with one attached hydrogen (secondary N) is 1. The van der Waals surface area contributed by atoms with Gasteiger partial charge in [-0.05, 0) is 28.8 Å². The second kappa shape index (κ2) is 8.41. The topological polar surface area (TPSA) is 47.6 Å². The zero-order chi connectivity index (χ0) is 16.7. The van der Waals surface area contributed by atoms with Gasteiger partial charge in [0.15, 0.2) is 0 Å². The summed E-state index contributed by atoms with van der Waals surface area (Å²) in [6, 6.07) is 13.0. The molecular formula is C18H20FNO3. The summed E-state index contributed by atoms with van der Waals surface area (Å²) in [4.78, 5) is 12.0. The molecular weight excluding hydrogens is 297 g/mol. The number of rotatable bonds is 7. The smallest absolute Gasteiger partial charge is 0.327 e. The average Bonchev–Trinajstić information content (AvgIpc) is 2.57. The van der Waals surface area contributed by atoms with E-state index in [0.717, 1.165) is 11.1 Å². The number of halogens is 1. The monoisotopic (exact) mass is 317 g/mol. The highest BCUT2D eigenvalue weighted by molar-refractivity contribution is 5.77. The molecule has 0 aliphatic heterocycles. The number of hydrogen-bond acceptors (Lipinski definition) is 4. The molecule has 0 spiro atoms. The fourth-order valence-electron chi connectivity index (χ4n) is 2.33. The van der Waals surface area contributed by atoms with E-state index in [1.807, 2.05) is 24.3 Å². The van der Waals surface area contributed by atoms with Crippen molar-refractivity contribution in [2.45, 2.75) is 19.2 Å². The van der Waals surface area contributed by atoms with Gasteiger partial charge in [-0.1, -0.05) is 36.4 Å². The normalized spacial score (nSPS) is 12.0. The molecule has 2 aromatic rings. The Morgan fingerprint density at radius 3 is 2.48 bits per heavy atom. The average molecular weight is 317 g/mol. The van der Waals surface area contributed by atoms with Gasteiger partial charge in [-0.15, -0.1) is 0 Å². The van der Waals surface area contributed by atoms with Crippen molar-refractivity contribution in [2.24, 2.45) is 0 Å². The molecule has 0 aromatic heterocycles. The summed E-state index contributed by atoms with van der Waals surface area (Å²) in [5.41, 5.74) is 2.74. The van der Waals surface area contributed by atoms with Crippen LogP contribution in [0.2, 0.25) is 0 Å². The molecule has 23 heavy (non-hydrogen) atoms. The van der Waals surface area contributed by atoms with Gasteiger partial charge < -0.3 is 9.47 Å². The van der Waals surface area contributed by atoms with Crippen LogP contribution in [0.4, 0.5) is 4.39 Å². The van der Waals surface area contributed by atoms with Crippen LogP contribution >= 0.6 is 0 Å². The predicted molar refractivity (Wildman–Crippen MR) is 85.2 cm³/mol. The van der Waals surface area contributed by atoms with Gasteiger partial charge in [0.2, 0.25) is 0 Å². The van der Waals surface area contributed by atoms with Gasteiger partial charge in [-0.3, -0.25) is 5.32 Å². The molecule has 1 atom stereocenters. The Balaban J connectivity index is 2.11. The first kappa shape index (κ1) is 17.1. The number of benzene rings is 2. The minimum atomic E-state index is -0.647. The number of methoxy groups -OCH3 is 2. The van der Waals surface area contributed by atoms with Gasteiger partial charge in [-0.25, -0.2) is 9.18 Å². The van der Waals surface area contributed by atoms with Gasteiger partial charge in [0.05, 0.1) is 13.7 Å². The number of carbonyl (C=O) groups excluding carboxylic acids is 1. The van der Waals surface area contributed by atoms with E-state index in [1.54, 1.807) is 19.2 Å². The molecule has 0 aliphatic rings. The van der Waals surface area contributed by atoms with E-state index in [9.17, 15) is 9.18 Å². The van der Waals surface area contributed by atoms with Crippen LogP contribution in [0.25, 0.3) is 0 Å². The Morgan fingerprint density at radius 1 is 1.13 bits per heavy atom. The summed E-state index contributed by atoms with van der Waals surface area (Å²) in [6.07, 6.45) is 0. The standard InChI is InChI=1S/C18H20FNO3/c1-22-12-14-5-3-4-13(10-14)11-20-17(18(21)23-2)15-6-8-16(19)9-7-15/h3-10,17,20H,11-12H2,1-2H3/t17-/m1/s1. The summed E-state index contributed by atoms with van der Waals surface area (Å²) in [5, 5.41) is 3.15. The van der Waals surface area contributed by atoms with E-state index in [-0.39, 0.29) is 5.82 Å². The second-order valence-corrected chi connectivity index (χ2v) is 5.14. The molecule has 0 bridgehead atoms. The first-order chi connectivity index (χ1) is 11.1. The summed E-state index contributed by atoms with van der Waals surface area (Å²) in [6.45, 7) is 1.01. The molecule has 0 radical (unpaired) electrons. The van der Waals surface area contributed by atoms with Crippen LogP contribution in [-0.4, -0.2) is 20.2 Å². The minimum absolute atomic E-state index is 0.343. The highest BCUT2D eigenvalue weighted by atomic mass is 19.1. The van der Waals surface area contributed by atoms with Crippen LogP contribution in [-0.2, 0) is 27.4 Å². The third-order valence-electron chi connectivity index (χ3n) is 3.45. The van der Waals surface area contributed by atoms with Crippen molar-refractivity contribution in [3.63, 3.8) is 0 Å². The van der Waals surface area contributed by atoms with E-state index in [2.05, 4.69) is 5.32 Å². The fraction of sp³-hybridized carbons (Fsp3) is 0.278. The zero-order valence-corrected chi connectivity index (χ0v) is 13.2. The number of ether oxygens (including phenoxy) is 2. The highest BCUT2D eigenvalue weighted by Crippen LogP contribution is 2.16. The molecule has 0 saturated carbocycles. The maximum Gasteiger partial charge on any atom is 0.327 e. The van der Waals surface area contributed by atoms with Crippen LogP contribution in [0.5, 0.6) is 0 Å². The lowest BCUT2D eigenvalue weighted by Gasteiger charge is -2.17. The third-order valence-corrected chi connectivity index (χ3v) is 3.45. The van der Waals surface area contributed by atoms with Crippen molar-refractivity contribution in [3.8, 4) is 0 Å². The summed E-state index contributed by atoms with van der Waals surface area (Å²) in [5.74, 6) is -0.755. The molecule has 0 amide bonds. The summed E-state index contributed by atoms with van der Waals surface area (Å²) >= 11 is 0. The Kier molecular flexibility index (Phi) is 6.26. The molecule has 0 fully saturated rings. The molecule has 1 N–H and O–H groups in total. The Labute approximate surface area is 135 Å². The lowest BCUT2D eigenvalue weighted by Crippen LogP contribution is -2.29. The summed E-state index contributed by atoms with van der Waals surface area (Å²) < 4.78 is 23.0. The van der Waals surface area contributed by atoms with Gasteiger partial charge in [-0.2, -0.15) is 0 Å². The molecule has 0 saturated heterocycles. The van der Waals surface area contributed by atoms with Gasteiger partial charge in [0.25, 0.3) is 0 Å². The Hall–Kier alpha value is -2.24. The predicted octanol–water partition coefficient (Wildman–Crippen LogP) is 2.98. The Morgan fingerprint density at radius 2 is 1.83 bits per heavy atom. The molecule has 0 heterocycles. The summed E-state index contributed by atoms with van der Waals surface area (Å²) in [7, 11) is 2.98. The fourth-order valence-corrected chi connectivity index (χ4v) is 2.33. The van der Waals surface area contributed by atoms with E-state index < -0.39 is 12.0 Å². The molecule has 5 heteroatoms. The van der Waals surface area contributed by atoms with Crippen LogP contribution in [0.1, 0.15) is 22.7 Å². The molecule has 4 nitrogen and oxygen atoms in total. The van der Waals surface area contributed by atoms with Crippen molar-refractivity contribution in [1.29, 1.82) is 0 Å². The molecule has 122 valence electrons. The number of hydrogen-bond donors (Lipinski definition) is 1. The van der Waals surface area contributed by atoms with Gasteiger partial charge in [0.1, 0.15) is 11.9 Å². The number of esters is 1. The molecule has 0 aliphatic carbocycles. The van der Waals surface area contributed by atoms with Gasteiger partial charge >= 0.3 is 5.97 Å². The lowest BCUT2D eigenvalue weighted by molar-refractivity contribution is -0.143. The third kappa shape index (κ3) is 4.87.